The zero-order valence-electron chi connectivity index (χ0n) is 18.0. The van der Waals surface area contributed by atoms with Crippen molar-refractivity contribution in [2.75, 3.05) is 6.54 Å². The van der Waals surface area contributed by atoms with Gasteiger partial charge in [0.1, 0.15) is 11.5 Å². The average molecular weight is 576 g/mol. The summed E-state index contributed by atoms with van der Waals surface area (Å²) in [5.41, 5.74) is 0.540. The smallest absolute Gasteiger partial charge is 0.335 e. The van der Waals surface area contributed by atoms with Gasteiger partial charge in [0.2, 0.25) is 0 Å². The van der Waals surface area contributed by atoms with E-state index in [1.165, 1.54) is 28.8 Å². The normalized spacial score (nSPS) is 15.9. The van der Waals surface area contributed by atoms with E-state index in [0.717, 1.165) is 10.5 Å². The Morgan fingerprint density at radius 1 is 1.11 bits per heavy atom. The van der Waals surface area contributed by atoms with Crippen molar-refractivity contribution in [3.05, 3.63) is 79.8 Å². The van der Waals surface area contributed by atoms with E-state index in [0.29, 0.717) is 38.7 Å². The van der Waals surface area contributed by atoms with E-state index in [-0.39, 0.29) is 22.8 Å². The number of nitrogens with zero attached hydrogens (tertiary/aromatic N) is 2. The Labute approximate surface area is 217 Å². The SMILES string of the molecule is CCN1C(=O)/C(=C/c2ccc(-c3cc(C(=O)O)cc(C(=O)O)c3)o2)SC1=Nc1ccc(Br)c(Cl)c1. The van der Waals surface area contributed by atoms with Crippen molar-refractivity contribution in [2.45, 2.75) is 6.92 Å². The number of hydrogen-bond acceptors (Lipinski definition) is 6. The summed E-state index contributed by atoms with van der Waals surface area (Å²) in [6, 6.07) is 12.2. The zero-order chi connectivity index (χ0) is 25.3. The molecule has 11 heteroatoms. The number of amidine groups is 1. The standard InChI is InChI=1S/C24H16BrClN2O6S/c1-2-28-21(29)20(35-24(28)27-15-3-5-17(25)18(26)10-15)11-16-4-6-19(34-16)12-7-13(22(30)31)9-14(8-12)23(32)33/h3-11H,2H2,1H3,(H,30,31)(H,32,33)/b20-11-,27-24?. The lowest BCUT2D eigenvalue weighted by Crippen LogP contribution is -2.28. The third-order valence-corrected chi connectivity index (χ3v) is 7.18. The van der Waals surface area contributed by atoms with Crippen LogP contribution in [0.4, 0.5) is 5.69 Å². The van der Waals surface area contributed by atoms with E-state index in [1.807, 2.05) is 6.92 Å². The summed E-state index contributed by atoms with van der Waals surface area (Å²) in [6.07, 6.45) is 1.56. The van der Waals surface area contributed by atoms with Gasteiger partial charge in [-0.15, -0.1) is 0 Å². The van der Waals surface area contributed by atoms with Gasteiger partial charge in [0.05, 0.1) is 26.7 Å². The molecule has 8 nitrogen and oxygen atoms in total. The van der Waals surface area contributed by atoms with Crippen LogP contribution in [0.15, 0.2) is 67.3 Å². The second-order valence-electron chi connectivity index (χ2n) is 7.26. The van der Waals surface area contributed by atoms with Crippen LogP contribution >= 0.6 is 39.3 Å². The van der Waals surface area contributed by atoms with Gasteiger partial charge in [-0.05, 0) is 83.1 Å². The van der Waals surface area contributed by atoms with Gasteiger partial charge in [-0.25, -0.2) is 14.6 Å². The van der Waals surface area contributed by atoms with E-state index in [2.05, 4.69) is 20.9 Å². The number of rotatable bonds is 6. The predicted octanol–water partition coefficient (Wildman–Crippen LogP) is 6.38. The number of halogens is 2. The highest BCUT2D eigenvalue weighted by atomic mass is 79.9. The van der Waals surface area contributed by atoms with Crippen LogP contribution in [-0.2, 0) is 4.79 Å². The molecule has 1 fully saturated rings. The quantitative estimate of drug-likeness (QED) is 0.327. The van der Waals surface area contributed by atoms with Crippen molar-refractivity contribution >= 4 is 74.1 Å². The van der Waals surface area contributed by atoms with Crippen LogP contribution in [0.3, 0.4) is 0 Å². The highest BCUT2D eigenvalue weighted by Gasteiger charge is 2.32. The first-order chi connectivity index (χ1) is 16.7. The van der Waals surface area contributed by atoms with Crippen LogP contribution in [0, 0.1) is 0 Å². The highest BCUT2D eigenvalue weighted by molar-refractivity contribution is 9.10. The van der Waals surface area contributed by atoms with Gasteiger partial charge in [-0.3, -0.25) is 9.69 Å². The summed E-state index contributed by atoms with van der Waals surface area (Å²) in [7, 11) is 0. The topological polar surface area (TPSA) is 120 Å². The molecule has 0 aliphatic carbocycles. The Bertz CT molecular complexity index is 1400. The Kier molecular flexibility index (Phi) is 7.15. The van der Waals surface area contributed by atoms with Gasteiger partial charge in [0.25, 0.3) is 5.91 Å². The molecule has 4 rings (SSSR count). The lowest BCUT2D eigenvalue weighted by molar-refractivity contribution is -0.122. The number of thioether (sulfide) groups is 1. The lowest BCUT2D eigenvalue weighted by Gasteiger charge is -2.12. The summed E-state index contributed by atoms with van der Waals surface area (Å²) >= 11 is 10.7. The molecular weight excluding hydrogens is 560 g/mol. The maximum Gasteiger partial charge on any atom is 0.335 e. The van der Waals surface area contributed by atoms with Crippen LogP contribution < -0.4 is 0 Å². The van der Waals surface area contributed by atoms with Gasteiger partial charge < -0.3 is 14.6 Å². The van der Waals surface area contributed by atoms with Crippen LogP contribution in [-0.4, -0.2) is 44.7 Å². The monoisotopic (exact) mass is 574 g/mol. The van der Waals surface area contributed by atoms with E-state index in [4.69, 9.17) is 16.0 Å². The minimum Gasteiger partial charge on any atom is -0.478 e. The number of carboxylic acids is 2. The second kappa shape index (κ2) is 10.1. The summed E-state index contributed by atoms with van der Waals surface area (Å²) in [5.74, 6) is -2.14. The number of likely N-dealkylation sites (N-methyl/N-ethyl adjacent to an activating group) is 1. The molecule has 2 aromatic carbocycles. The largest absolute Gasteiger partial charge is 0.478 e. The number of carbonyl (C=O) groups excluding carboxylic acids is 1. The Hall–Kier alpha value is -3.34. The minimum atomic E-state index is -1.25. The van der Waals surface area contributed by atoms with E-state index < -0.39 is 11.9 Å². The Morgan fingerprint density at radius 3 is 2.40 bits per heavy atom. The molecule has 3 aromatic rings. The second-order valence-corrected chi connectivity index (χ2v) is 9.53. The fourth-order valence-corrected chi connectivity index (χ4v) is 4.73. The van der Waals surface area contributed by atoms with E-state index in [1.54, 1.807) is 36.4 Å². The maximum atomic E-state index is 12.9. The molecule has 1 aliphatic heterocycles. The molecule has 0 unspecified atom stereocenters. The van der Waals surface area contributed by atoms with Gasteiger partial charge in [0.15, 0.2) is 5.17 Å². The fraction of sp³-hybridized carbons (Fsp3) is 0.0833. The average Bonchev–Trinajstić information content (AvgIpc) is 3.40. The molecule has 1 aromatic heterocycles. The van der Waals surface area contributed by atoms with Crippen LogP contribution in [0.5, 0.6) is 0 Å². The number of aliphatic imine (C=N–C) groups is 1. The summed E-state index contributed by atoms with van der Waals surface area (Å²) in [6.45, 7) is 2.25. The number of carbonyl (C=O) groups is 3. The van der Waals surface area contributed by atoms with Crippen molar-refractivity contribution in [2.24, 2.45) is 4.99 Å². The number of benzene rings is 2. The molecule has 35 heavy (non-hydrogen) atoms. The first-order valence-corrected chi connectivity index (χ1v) is 12.1. The minimum absolute atomic E-state index is 0.176. The summed E-state index contributed by atoms with van der Waals surface area (Å²) in [5, 5.41) is 19.6. The third kappa shape index (κ3) is 5.34. The van der Waals surface area contributed by atoms with Gasteiger partial charge in [0, 0.05) is 22.7 Å². The Morgan fingerprint density at radius 2 is 1.80 bits per heavy atom. The van der Waals surface area contributed by atoms with Crippen LogP contribution in [0.2, 0.25) is 5.02 Å². The number of aromatic carboxylic acids is 2. The molecule has 0 radical (unpaired) electrons. The van der Waals surface area contributed by atoms with Crippen molar-refractivity contribution in [3.63, 3.8) is 0 Å². The predicted molar refractivity (Wildman–Crippen MR) is 137 cm³/mol. The van der Waals surface area contributed by atoms with Gasteiger partial charge in [-0.1, -0.05) is 11.6 Å². The molecule has 2 N–H and O–H groups in total. The van der Waals surface area contributed by atoms with Crippen molar-refractivity contribution < 1.29 is 29.0 Å². The molecule has 0 saturated carbocycles. The third-order valence-electron chi connectivity index (χ3n) is 4.94. The molecule has 1 aliphatic rings. The fourth-order valence-electron chi connectivity index (χ4n) is 3.27. The van der Waals surface area contributed by atoms with Crippen molar-refractivity contribution in [1.82, 2.24) is 4.90 Å². The molecule has 0 atom stereocenters. The summed E-state index contributed by atoms with van der Waals surface area (Å²) in [4.78, 5) is 42.2. The van der Waals surface area contributed by atoms with E-state index in [9.17, 15) is 24.6 Å². The van der Waals surface area contributed by atoms with Crippen LogP contribution in [0.25, 0.3) is 17.4 Å². The molecule has 1 saturated heterocycles. The van der Waals surface area contributed by atoms with Gasteiger partial charge in [-0.2, -0.15) is 0 Å². The molecule has 0 spiro atoms. The molecule has 178 valence electrons. The highest BCUT2D eigenvalue weighted by Crippen LogP contribution is 2.36. The van der Waals surface area contributed by atoms with Crippen molar-refractivity contribution in [1.29, 1.82) is 0 Å². The number of carboxylic acid groups (broad SMARTS) is 2. The summed E-state index contributed by atoms with van der Waals surface area (Å²) < 4.78 is 6.53. The van der Waals surface area contributed by atoms with Gasteiger partial charge >= 0.3 is 11.9 Å². The number of amides is 1. The Balaban J connectivity index is 1.65. The van der Waals surface area contributed by atoms with Crippen molar-refractivity contribution in [3.8, 4) is 11.3 Å². The maximum absolute atomic E-state index is 12.9. The first kappa shape index (κ1) is 24.8. The van der Waals surface area contributed by atoms with Crippen LogP contribution in [0.1, 0.15) is 33.4 Å². The lowest BCUT2D eigenvalue weighted by atomic mass is 10.0. The van der Waals surface area contributed by atoms with E-state index >= 15 is 0 Å². The molecular formula is C24H16BrClN2O6S. The number of furan rings is 1. The molecule has 1 amide bonds. The molecule has 2 heterocycles. The zero-order valence-corrected chi connectivity index (χ0v) is 21.1. The first-order valence-electron chi connectivity index (χ1n) is 10.1. The molecule has 0 bridgehead atoms. The number of hydrogen-bond donors (Lipinski definition) is 2.